The van der Waals surface area contributed by atoms with Crippen molar-refractivity contribution in [3.05, 3.63) is 104 Å². The third kappa shape index (κ3) is 5.56. The van der Waals surface area contributed by atoms with Gasteiger partial charge >= 0.3 is 0 Å². The molecule has 0 fully saturated rings. The Morgan fingerprint density at radius 2 is 1.87 bits per heavy atom. The van der Waals surface area contributed by atoms with Crippen molar-refractivity contribution in [2.24, 2.45) is 5.10 Å². The van der Waals surface area contributed by atoms with Gasteiger partial charge in [0.05, 0.1) is 16.2 Å². The molecular weight excluding hydrogens is 429 g/mol. The number of carbonyl (C=O) groups is 1. The first-order valence-corrected chi connectivity index (χ1v) is 9.43. The van der Waals surface area contributed by atoms with Crippen LogP contribution in [-0.4, -0.2) is 17.0 Å². The topological polar surface area (TPSA) is 93.8 Å². The number of nitrogens with one attached hydrogen (secondary N) is 1. The number of nitrogens with zero attached hydrogens (tertiary/aromatic N) is 2. The lowest BCUT2D eigenvalue weighted by atomic mass is 10.2. The molecule has 0 aliphatic heterocycles. The van der Waals surface area contributed by atoms with E-state index in [1.807, 2.05) is 30.3 Å². The normalized spacial score (nSPS) is 10.7. The SMILES string of the molecule is O=C(N/N=C\c1cc(Cl)cc(Cl)c1OCc1ccccc1)c1cccc([N+](=O)[O-])c1. The van der Waals surface area contributed by atoms with Crippen molar-refractivity contribution in [3.63, 3.8) is 0 Å². The second-order valence-electron chi connectivity index (χ2n) is 6.09. The number of hydrogen-bond acceptors (Lipinski definition) is 5. The molecule has 9 heteroatoms. The average molecular weight is 444 g/mol. The highest BCUT2D eigenvalue weighted by molar-refractivity contribution is 6.36. The molecule has 7 nitrogen and oxygen atoms in total. The Labute approximate surface area is 182 Å². The molecule has 30 heavy (non-hydrogen) atoms. The van der Waals surface area contributed by atoms with Crippen LogP contribution >= 0.6 is 23.2 Å². The molecule has 0 saturated heterocycles. The van der Waals surface area contributed by atoms with Gasteiger partial charge in [0, 0.05) is 28.3 Å². The first-order chi connectivity index (χ1) is 14.4. The predicted molar refractivity (Wildman–Crippen MR) is 115 cm³/mol. The number of amides is 1. The summed E-state index contributed by atoms with van der Waals surface area (Å²) in [7, 11) is 0. The molecule has 0 aliphatic rings. The standard InChI is InChI=1S/C21H15Cl2N3O4/c22-17-9-16(20(19(23)11-17)30-13-14-5-2-1-3-6-14)12-24-25-21(27)15-7-4-8-18(10-15)26(28)29/h1-12H,13H2,(H,25,27)/b24-12-. The Hall–Kier alpha value is -3.42. The lowest BCUT2D eigenvalue weighted by molar-refractivity contribution is -0.384. The fourth-order valence-electron chi connectivity index (χ4n) is 2.54. The molecule has 3 aromatic rings. The van der Waals surface area contributed by atoms with Crippen LogP contribution in [0.25, 0.3) is 0 Å². The highest BCUT2D eigenvalue weighted by Crippen LogP contribution is 2.32. The molecule has 3 aromatic carbocycles. The summed E-state index contributed by atoms with van der Waals surface area (Å²) in [4.78, 5) is 22.5. The summed E-state index contributed by atoms with van der Waals surface area (Å²) in [5.41, 5.74) is 3.64. The number of nitro groups is 1. The van der Waals surface area contributed by atoms with Crippen molar-refractivity contribution in [3.8, 4) is 5.75 Å². The van der Waals surface area contributed by atoms with Crippen LogP contribution in [0.1, 0.15) is 21.5 Å². The van der Waals surface area contributed by atoms with Gasteiger partial charge in [0.15, 0.2) is 0 Å². The largest absolute Gasteiger partial charge is 0.487 e. The van der Waals surface area contributed by atoms with Crippen molar-refractivity contribution in [2.45, 2.75) is 6.61 Å². The zero-order valence-corrected chi connectivity index (χ0v) is 16.9. The summed E-state index contributed by atoms with van der Waals surface area (Å²) in [5, 5.41) is 15.4. The van der Waals surface area contributed by atoms with E-state index >= 15 is 0 Å². The number of nitro benzene ring substituents is 1. The van der Waals surface area contributed by atoms with E-state index in [2.05, 4.69) is 10.5 Å². The minimum absolute atomic E-state index is 0.103. The van der Waals surface area contributed by atoms with Crippen molar-refractivity contribution in [1.29, 1.82) is 0 Å². The van der Waals surface area contributed by atoms with Crippen LogP contribution < -0.4 is 10.2 Å². The van der Waals surface area contributed by atoms with Gasteiger partial charge in [-0.3, -0.25) is 14.9 Å². The van der Waals surface area contributed by atoms with Crippen molar-refractivity contribution >= 4 is 41.0 Å². The second-order valence-corrected chi connectivity index (χ2v) is 6.93. The van der Waals surface area contributed by atoms with Crippen LogP contribution in [-0.2, 0) is 6.61 Å². The quantitative estimate of drug-likeness (QED) is 0.306. The predicted octanol–water partition coefficient (Wildman–Crippen LogP) is 5.24. The number of hydrazone groups is 1. The fraction of sp³-hybridized carbons (Fsp3) is 0.0476. The molecule has 0 bridgehead atoms. The first-order valence-electron chi connectivity index (χ1n) is 8.67. The number of hydrogen-bond donors (Lipinski definition) is 1. The molecule has 0 atom stereocenters. The van der Waals surface area contributed by atoms with Gasteiger partial charge in [0.1, 0.15) is 12.4 Å². The van der Waals surface area contributed by atoms with Gasteiger partial charge in [-0.1, -0.05) is 59.6 Å². The van der Waals surface area contributed by atoms with Crippen molar-refractivity contribution in [1.82, 2.24) is 5.43 Å². The molecule has 3 rings (SSSR count). The maximum Gasteiger partial charge on any atom is 0.271 e. The van der Waals surface area contributed by atoms with Crippen LogP contribution in [0.4, 0.5) is 5.69 Å². The highest BCUT2D eigenvalue weighted by Gasteiger charge is 2.12. The lowest BCUT2D eigenvalue weighted by Crippen LogP contribution is -2.17. The summed E-state index contributed by atoms with van der Waals surface area (Å²) < 4.78 is 5.82. The molecule has 152 valence electrons. The zero-order chi connectivity index (χ0) is 21.5. The number of benzene rings is 3. The average Bonchev–Trinajstić information content (AvgIpc) is 2.73. The summed E-state index contributed by atoms with van der Waals surface area (Å²) >= 11 is 12.3. The summed E-state index contributed by atoms with van der Waals surface area (Å²) in [5.74, 6) is -0.243. The number of halogens is 2. The molecule has 0 radical (unpaired) electrons. The molecule has 0 heterocycles. The Kier molecular flexibility index (Phi) is 7.00. The smallest absolute Gasteiger partial charge is 0.271 e. The van der Waals surface area contributed by atoms with Gasteiger partial charge in [-0.25, -0.2) is 5.43 Å². The molecule has 0 aromatic heterocycles. The number of carbonyl (C=O) groups excluding carboxylic acids is 1. The van der Waals surface area contributed by atoms with Gasteiger partial charge < -0.3 is 4.74 Å². The molecular formula is C21H15Cl2N3O4. The second kappa shape index (κ2) is 9.87. The molecule has 1 amide bonds. The van der Waals surface area contributed by atoms with Crippen molar-refractivity contribution in [2.75, 3.05) is 0 Å². The summed E-state index contributed by atoms with van der Waals surface area (Å²) in [6.07, 6.45) is 1.34. The van der Waals surface area contributed by atoms with E-state index in [0.717, 1.165) is 11.6 Å². The van der Waals surface area contributed by atoms with Gasteiger partial charge in [0.25, 0.3) is 11.6 Å². The minimum atomic E-state index is -0.602. The first kappa shape index (κ1) is 21.3. The lowest BCUT2D eigenvalue weighted by Gasteiger charge is -2.11. The van der Waals surface area contributed by atoms with E-state index in [4.69, 9.17) is 27.9 Å². The maximum absolute atomic E-state index is 12.2. The molecule has 0 saturated carbocycles. The monoisotopic (exact) mass is 443 g/mol. The summed E-state index contributed by atoms with van der Waals surface area (Å²) in [6.45, 7) is 0.281. The van der Waals surface area contributed by atoms with E-state index in [0.29, 0.717) is 21.4 Å². The highest BCUT2D eigenvalue weighted by atomic mass is 35.5. The molecule has 0 aliphatic carbocycles. The van der Waals surface area contributed by atoms with Gasteiger partial charge in [-0.2, -0.15) is 5.10 Å². The van der Waals surface area contributed by atoms with Crippen LogP contribution in [0, 0.1) is 10.1 Å². The third-order valence-corrected chi connectivity index (χ3v) is 4.45. The van der Waals surface area contributed by atoms with Crippen molar-refractivity contribution < 1.29 is 14.5 Å². The number of ether oxygens (including phenoxy) is 1. The molecule has 0 unspecified atom stereocenters. The summed E-state index contributed by atoms with van der Waals surface area (Å²) in [6, 6.07) is 18.0. The van der Waals surface area contributed by atoms with E-state index in [1.165, 1.54) is 24.4 Å². The Morgan fingerprint density at radius 3 is 2.60 bits per heavy atom. The van der Waals surface area contributed by atoms with Crippen LogP contribution in [0.5, 0.6) is 5.75 Å². The van der Waals surface area contributed by atoms with E-state index in [9.17, 15) is 14.9 Å². The number of non-ortho nitro benzene ring substituents is 1. The van der Waals surface area contributed by atoms with Gasteiger partial charge in [-0.05, 0) is 23.8 Å². The van der Waals surface area contributed by atoms with Crippen LogP contribution in [0.3, 0.4) is 0 Å². The Balaban J connectivity index is 1.75. The fourth-order valence-corrected chi connectivity index (χ4v) is 3.11. The zero-order valence-electron chi connectivity index (χ0n) is 15.4. The number of rotatable bonds is 7. The van der Waals surface area contributed by atoms with Gasteiger partial charge in [0.2, 0.25) is 0 Å². The van der Waals surface area contributed by atoms with E-state index in [-0.39, 0.29) is 17.9 Å². The van der Waals surface area contributed by atoms with E-state index in [1.54, 1.807) is 12.1 Å². The Morgan fingerprint density at radius 1 is 1.10 bits per heavy atom. The van der Waals surface area contributed by atoms with Crippen LogP contribution in [0.15, 0.2) is 71.8 Å². The molecule has 0 spiro atoms. The third-order valence-electron chi connectivity index (χ3n) is 3.95. The van der Waals surface area contributed by atoms with Gasteiger partial charge in [-0.15, -0.1) is 0 Å². The minimum Gasteiger partial charge on any atom is -0.487 e. The Bertz CT molecular complexity index is 1100. The van der Waals surface area contributed by atoms with E-state index < -0.39 is 10.8 Å². The molecule has 1 N–H and O–H groups in total. The van der Waals surface area contributed by atoms with Crippen LogP contribution in [0.2, 0.25) is 10.0 Å². The maximum atomic E-state index is 12.2.